The minimum Gasteiger partial charge on any atom is -0.489 e. The lowest BCUT2D eigenvalue weighted by molar-refractivity contribution is 0.150. The van der Waals surface area contributed by atoms with Crippen LogP contribution in [-0.4, -0.2) is 32.0 Å². The fourth-order valence-corrected chi connectivity index (χ4v) is 7.61. The van der Waals surface area contributed by atoms with Gasteiger partial charge in [-0.3, -0.25) is 9.13 Å². The molecule has 8 nitrogen and oxygen atoms in total. The van der Waals surface area contributed by atoms with Gasteiger partial charge in [0.15, 0.2) is 0 Å². The van der Waals surface area contributed by atoms with Gasteiger partial charge in [-0.05, 0) is 57.5 Å². The summed E-state index contributed by atoms with van der Waals surface area (Å²) in [6, 6.07) is 16.4. The standard InChI is InChI=1S/C22H32O8P2/c1-5-26-31(23,27-6-2)22(32(24,28-7-3)29-8-4)30-21-16-14-20(15-17-21)25-18-19-12-10-9-11-13-19/h9-17,22H,5-8,18H2,1-4H3. The van der Waals surface area contributed by atoms with Gasteiger partial charge in [0.1, 0.15) is 18.1 Å². The second-order valence-electron chi connectivity index (χ2n) is 6.44. The second-order valence-corrected chi connectivity index (χ2v) is 11.0. The first-order valence-electron chi connectivity index (χ1n) is 10.6. The predicted octanol–water partition coefficient (Wildman–Crippen LogP) is 6.46. The van der Waals surface area contributed by atoms with Gasteiger partial charge in [-0.1, -0.05) is 30.3 Å². The van der Waals surface area contributed by atoms with Gasteiger partial charge in [-0.15, -0.1) is 0 Å². The van der Waals surface area contributed by atoms with Gasteiger partial charge in [0.25, 0.3) is 5.59 Å². The summed E-state index contributed by atoms with van der Waals surface area (Å²) in [5.74, 6) is 0.912. The SMILES string of the molecule is CCOP(=O)(OCC)C(Oc1ccc(OCc2ccccc2)cc1)P(=O)(OCC)OCC. The average Bonchev–Trinajstić information content (AvgIpc) is 2.78. The zero-order chi connectivity index (χ0) is 23.5. The Morgan fingerprint density at radius 3 is 1.53 bits per heavy atom. The highest BCUT2D eigenvalue weighted by molar-refractivity contribution is 7.72. The Hall–Kier alpha value is -1.66. The van der Waals surface area contributed by atoms with Crippen LogP contribution in [-0.2, 0) is 33.8 Å². The topological polar surface area (TPSA) is 89.5 Å². The monoisotopic (exact) mass is 486 g/mol. The minimum absolute atomic E-state index is 0.0711. The number of hydrogen-bond donors (Lipinski definition) is 0. The lowest BCUT2D eigenvalue weighted by Crippen LogP contribution is -2.23. The number of ether oxygens (including phenoxy) is 2. The second kappa shape index (κ2) is 13.1. The van der Waals surface area contributed by atoms with Gasteiger partial charge in [0.2, 0.25) is 0 Å². The molecule has 0 fully saturated rings. The fourth-order valence-electron chi connectivity index (χ4n) is 2.83. The van der Waals surface area contributed by atoms with Crippen LogP contribution in [0, 0.1) is 0 Å². The molecule has 0 atom stereocenters. The molecule has 0 radical (unpaired) electrons. The highest BCUT2D eigenvalue weighted by Crippen LogP contribution is 2.70. The van der Waals surface area contributed by atoms with Crippen LogP contribution in [0.15, 0.2) is 54.6 Å². The van der Waals surface area contributed by atoms with Crippen molar-refractivity contribution in [3.63, 3.8) is 0 Å². The van der Waals surface area contributed by atoms with Gasteiger partial charge >= 0.3 is 15.2 Å². The highest BCUT2D eigenvalue weighted by Gasteiger charge is 2.53. The van der Waals surface area contributed by atoms with E-state index in [9.17, 15) is 9.13 Å². The molecule has 2 rings (SSSR count). The number of rotatable bonds is 15. The largest absolute Gasteiger partial charge is 0.489 e. The van der Waals surface area contributed by atoms with E-state index < -0.39 is 20.8 Å². The Morgan fingerprint density at radius 1 is 0.656 bits per heavy atom. The summed E-state index contributed by atoms with van der Waals surface area (Å²) >= 11 is 0. The molecular weight excluding hydrogens is 454 g/mol. The summed E-state index contributed by atoms with van der Waals surface area (Å²) in [5, 5.41) is 0. The van der Waals surface area contributed by atoms with Crippen molar-refractivity contribution in [3.05, 3.63) is 60.2 Å². The van der Waals surface area contributed by atoms with Crippen LogP contribution < -0.4 is 9.47 Å². The van der Waals surface area contributed by atoms with Crippen LogP contribution >= 0.6 is 15.2 Å². The molecule has 2 aromatic carbocycles. The van der Waals surface area contributed by atoms with Crippen LogP contribution in [0.1, 0.15) is 33.3 Å². The van der Waals surface area contributed by atoms with Crippen LogP contribution in [0.5, 0.6) is 11.5 Å². The summed E-state index contributed by atoms with van der Waals surface area (Å²) in [7, 11) is -8.01. The van der Waals surface area contributed by atoms with Gasteiger partial charge < -0.3 is 27.6 Å². The van der Waals surface area contributed by atoms with E-state index in [4.69, 9.17) is 27.6 Å². The first kappa shape index (κ1) is 26.6. The molecule has 0 heterocycles. The third-order valence-electron chi connectivity index (χ3n) is 4.09. The molecule has 32 heavy (non-hydrogen) atoms. The predicted molar refractivity (Wildman–Crippen MR) is 123 cm³/mol. The summed E-state index contributed by atoms with van der Waals surface area (Å²) in [6.07, 6.45) is 0. The van der Waals surface area contributed by atoms with E-state index in [0.29, 0.717) is 18.1 Å². The normalized spacial score (nSPS) is 12.2. The zero-order valence-electron chi connectivity index (χ0n) is 19.0. The molecule has 10 heteroatoms. The van der Waals surface area contributed by atoms with E-state index in [2.05, 4.69) is 0 Å². The van der Waals surface area contributed by atoms with Crippen LogP contribution in [0.2, 0.25) is 0 Å². The van der Waals surface area contributed by atoms with Crippen molar-refractivity contribution in [1.82, 2.24) is 0 Å². The van der Waals surface area contributed by atoms with Crippen molar-refractivity contribution < 1.29 is 36.7 Å². The quantitative estimate of drug-likeness (QED) is 0.265. The van der Waals surface area contributed by atoms with E-state index in [1.54, 1.807) is 52.0 Å². The zero-order valence-corrected chi connectivity index (χ0v) is 20.8. The average molecular weight is 486 g/mol. The first-order chi connectivity index (χ1) is 15.4. The molecule has 0 unspecified atom stereocenters. The van der Waals surface area contributed by atoms with E-state index in [-0.39, 0.29) is 26.4 Å². The smallest absolute Gasteiger partial charge is 0.383 e. The van der Waals surface area contributed by atoms with Crippen molar-refractivity contribution in [2.45, 2.75) is 39.9 Å². The third-order valence-corrected chi connectivity index (χ3v) is 9.55. The van der Waals surface area contributed by atoms with Crippen LogP contribution in [0.25, 0.3) is 0 Å². The molecule has 0 spiro atoms. The fraction of sp³-hybridized carbons (Fsp3) is 0.455. The molecule has 2 aromatic rings. The van der Waals surface area contributed by atoms with E-state index in [1.165, 1.54) is 0 Å². The van der Waals surface area contributed by atoms with Crippen LogP contribution in [0.4, 0.5) is 0 Å². The molecule has 0 N–H and O–H groups in total. The third kappa shape index (κ3) is 7.45. The molecule has 0 amide bonds. The van der Waals surface area contributed by atoms with E-state index in [0.717, 1.165) is 5.56 Å². The van der Waals surface area contributed by atoms with Crippen molar-refractivity contribution in [3.8, 4) is 11.5 Å². The van der Waals surface area contributed by atoms with E-state index >= 15 is 0 Å². The molecule has 0 aromatic heterocycles. The summed E-state index contributed by atoms with van der Waals surface area (Å²) in [5.41, 5.74) is -0.539. The lowest BCUT2D eigenvalue weighted by Gasteiger charge is -2.31. The van der Waals surface area contributed by atoms with Gasteiger partial charge in [0.05, 0.1) is 26.4 Å². The van der Waals surface area contributed by atoms with Gasteiger partial charge in [-0.2, -0.15) is 0 Å². The van der Waals surface area contributed by atoms with Crippen molar-refractivity contribution in [2.75, 3.05) is 26.4 Å². The summed E-state index contributed by atoms with van der Waals surface area (Å²) in [4.78, 5) is 0. The Balaban J connectivity index is 2.26. The number of benzene rings is 2. The molecule has 0 bridgehead atoms. The van der Waals surface area contributed by atoms with Gasteiger partial charge in [0, 0.05) is 0 Å². The molecule has 0 aliphatic carbocycles. The highest BCUT2D eigenvalue weighted by atomic mass is 31.2. The van der Waals surface area contributed by atoms with Crippen molar-refractivity contribution in [2.24, 2.45) is 0 Å². The maximum absolute atomic E-state index is 13.5. The van der Waals surface area contributed by atoms with Crippen molar-refractivity contribution >= 4 is 15.2 Å². The molecular formula is C22H32O8P2. The number of hydrogen-bond acceptors (Lipinski definition) is 8. The van der Waals surface area contributed by atoms with Gasteiger partial charge in [-0.25, -0.2) is 0 Å². The maximum atomic E-state index is 13.5. The van der Waals surface area contributed by atoms with Crippen LogP contribution in [0.3, 0.4) is 0 Å². The maximum Gasteiger partial charge on any atom is 0.383 e. The van der Waals surface area contributed by atoms with E-state index in [1.807, 2.05) is 30.3 Å². The Bertz CT molecular complexity index is 839. The molecule has 0 aliphatic heterocycles. The minimum atomic E-state index is -4.01. The summed E-state index contributed by atoms with van der Waals surface area (Å²) < 4.78 is 60.3. The van der Waals surface area contributed by atoms with Crippen molar-refractivity contribution in [1.29, 1.82) is 0 Å². The molecule has 178 valence electrons. The first-order valence-corrected chi connectivity index (χ1v) is 13.8. The Labute approximate surface area is 190 Å². The summed E-state index contributed by atoms with van der Waals surface area (Å²) in [6.45, 7) is 7.34. The lowest BCUT2D eigenvalue weighted by atomic mass is 10.2. The molecule has 0 saturated carbocycles. The molecule has 0 saturated heterocycles. The Kier molecular flexibility index (Phi) is 10.9. The molecule has 0 aliphatic rings. The Morgan fingerprint density at radius 2 is 1.09 bits per heavy atom.